The number of sulfonamides is 1. The Kier molecular flexibility index (Phi) is 6.26. The first-order chi connectivity index (χ1) is 13.4. The van der Waals surface area contributed by atoms with Gasteiger partial charge in [0.05, 0.1) is 10.6 Å². The Hall–Kier alpha value is -2.51. The zero-order valence-electron chi connectivity index (χ0n) is 15.7. The number of rotatable bonds is 6. The number of carbonyl (C=O) groups is 1. The highest BCUT2D eigenvalue weighted by molar-refractivity contribution is 7.89. The second kappa shape index (κ2) is 8.67. The van der Waals surface area contributed by atoms with Crippen molar-refractivity contribution in [2.75, 3.05) is 31.1 Å². The number of ketones is 1. The quantitative estimate of drug-likeness (QED) is 0.696. The summed E-state index contributed by atoms with van der Waals surface area (Å²) in [6, 6.07) is 13.1. The lowest BCUT2D eigenvalue weighted by atomic mass is 10.2. The molecule has 1 saturated heterocycles. The lowest BCUT2D eigenvalue weighted by Crippen LogP contribution is -2.48. The Balaban J connectivity index is 1.73. The van der Waals surface area contributed by atoms with E-state index >= 15 is 0 Å². The van der Waals surface area contributed by atoms with Crippen molar-refractivity contribution in [3.63, 3.8) is 0 Å². The largest absolute Gasteiger partial charge is 0.367 e. The average Bonchev–Trinajstić information content (AvgIpc) is 2.72. The van der Waals surface area contributed by atoms with E-state index in [-0.39, 0.29) is 29.6 Å². The fourth-order valence-electron chi connectivity index (χ4n) is 3.11. The van der Waals surface area contributed by atoms with Gasteiger partial charge in [-0.3, -0.25) is 4.79 Å². The molecule has 28 heavy (non-hydrogen) atoms. The van der Waals surface area contributed by atoms with E-state index in [1.54, 1.807) is 55.5 Å². The van der Waals surface area contributed by atoms with Gasteiger partial charge in [-0.15, -0.1) is 0 Å². The van der Waals surface area contributed by atoms with Crippen LogP contribution in [0.1, 0.15) is 18.9 Å². The number of hydrogen-bond donors (Lipinski definition) is 0. The number of benzene rings is 2. The molecule has 0 spiro atoms. The predicted octanol–water partition coefficient (Wildman–Crippen LogP) is 3.33. The third-order valence-electron chi connectivity index (χ3n) is 4.74. The third-order valence-corrected chi connectivity index (χ3v) is 6.63. The number of para-hydroxylation sites is 1. The van der Waals surface area contributed by atoms with E-state index in [1.807, 2.05) is 4.90 Å². The summed E-state index contributed by atoms with van der Waals surface area (Å²) >= 11 is 0. The Morgan fingerprint density at radius 3 is 2.46 bits per heavy atom. The molecule has 0 N–H and O–H groups in total. The maximum absolute atomic E-state index is 14.0. The van der Waals surface area contributed by atoms with Crippen LogP contribution >= 0.6 is 0 Å². The summed E-state index contributed by atoms with van der Waals surface area (Å²) < 4.78 is 41.4. The first kappa shape index (κ1) is 20.2. The molecule has 0 unspecified atom stereocenters. The van der Waals surface area contributed by atoms with Crippen molar-refractivity contribution < 1.29 is 17.6 Å². The number of allylic oxidation sites excluding steroid dienone is 1. The summed E-state index contributed by atoms with van der Waals surface area (Å²) in [5, 5.41) is 0. The number of anilines is 1. The summed E-state index contributed by atoms with van der Waals surface area (Å²) in [6.07, 6.45) is 3.49. The van der Waals surface area contributed by atoms with Gasteiger partial charge in [-0.05, 0) is 35.9 Å². The van der Waals surface area contributed by atoms with E-state index in [0.717, 1.165) is 0 Å². The second-order valence-corrected chi connectivity index (χ2v) is 8.51. The number of carbonyl (C=O) groups excluding carboxylic acids is 1. The molecule has 148 valence electrons. The van der Waals surface area contributed by atoms with Crippen LogP contribution in [0.25, 0.3) is 6.08 Å². The van der Waals surface area contributed by atoms with Gasteiger partial charge in [0.25, 0.3) is 0 Å². The lowest BCUT2D eigenvalue weighted by Gasteiger charge is -2.35. The maximum Gasteiger partial charge on any atom is 0.243 e. The van der Waals surface area contributed by atoms with Gasteiger partial charge in [0.1, 0.15) is 5.82 Å². The van der Waals surface area contributed by atoms with E-state index in [2.05, 4.69) is 0 Å². The molecular formula is C21H23FN2O3S. The summed E-state index contributed by atoms with van der Waals surface area (Å²) in [5.74, 6) is -0.322. The van der Waals surface area contributed by atoms with Crippen molar-refractivity contribution in [3.05, 3.63) is 66.0 Å². The second-order valence-electron chi connectivity index (χ2n) is 6.57. The van der Waals surface area contributed by atoms with E-state index in [0.29, 0.717) is 30.8 Å². The van der Waals surface area contributed by atoms with Gasteiger partial charge in [0.15, 0.2) is 5.78 Å². The molecule has 1 aliphatic rings. The summed E-state index contributed by atoms with van der Waals surface area (Å²) in [6.45, 7) is 3.18. The SMILES string of the molecule is CCC(=O)/C=C/c1cccc(S(=O)(=O)N2CCN(c3ccccc3F)CC2)c1. The van der Waals surface area contributed by atoms with Gasteiger partial charge in [-0.25, -0.2) is 12.8 Å². The molecule has 0 radical (unpaired) electrons. The van der Waals surface area contributed by atoms with Crippen LogP contribution in [0.5, 0.6) is 0 Å². The fraction of sp³-hybridized carbons (Fsp3) is 0.286. The lowest BCUT2D eigenvalue weighted by molar-refractivity contribution is -0.114. The van der Waals surface area contributed by atoms with Crippen molar-refractivity contribution in [1.29, 1.82) is 0 Å². The van der Waals surface area contributed by atoms with Crippen molar-refractivity contribution in [3.8, 4) is 0 Å². The molecule has 2 aromatic carbocycles. The maximum atomic E-state index is 14.0. The Bertz CT molecular complexity index is 981. The molecule has 0 aromatic heterocycles. The summed E-state index contributed by atoms with van der Waals surface area (Å²) in [5.41, 5.74) is 1.15. The number of piperazine rings is 1. The highest BCUT2D eigenvalue weighted by atomic mass is 32.2. The summed E-state index contributed by atoms with van der Waals surface area (Å²) in [4.78, 5) is 13.5. The van der Waals surface area contributed by atoms with E-state index in [1.165, 1.54) is 16.4 Å². The molecule has 5 nitrogen and oxygen atoms in total. The number of halogens is 1. The van der Waals surface area contributed by atoms with Crippen molar-refractivity contribution >= 4 is 27.6 Å². The van der Waals surface area contributed by atoms with Crippen LogP contribution in [0.2, 0.25) is 0 Å². The molecular weight excluding hydrogens is 379 g/mol. The standard InChI is InChI=1S/C21H23FN2O3S/c1-2-18(25)11-10-17-6-5-7-19(16-17)28(26,27)24-14-12-23(13-15-24)21-9-4-3-8-20(21)22/h3-11,16H,2,12-15H2,1H3/b11-10+. The van der Waals surface area contributed by atoms with Gasteiger partial charge in [0, 0.05) is 32.6 Å². The molecule has 7 heteroatoms. The Labute approximate surface area is 165 Å². The van der Waals surface area contributed by atoms with Crippen LogP contribution in [0.3, 0.4) is 0 Å². The van der Waals surface area contributed by atoms with Gasteiger partial charge in [-0.2, -0.15) is 4.31 Å². The minimum atomic E-state index is -3.65. The highest BCUT2D eigenvalue weighted by Gasteiger charge is 2.29. The topological polar surface area (TPSA) is 57.7 Å². The normalized spacial score (nSPS) is 15.9. The predicted molar refractivity (Wildman–Crippen MR) is 108 cm³/mol. The molecule has 0 saturated carbocycles. The molecule has 1 fully saturated rings. The van der Waals surface area contributed by atoms with Crippen molar-refractivity contribution in [2.45, 2.75) is 18.2 Å². The fourth-order valence-corrected chi connectivity index (χ4v) is 4.59. The van der Waals surface area contributed by atoms with E-state index in [9.17, 15) is 17.6 Å². The van der Waals surface area contributed by atoms with Crippen molar-refractivity contribution in [2.24, 2.45) is 0 Å². The minimum absolute atomic E-state index is 0.0162. The van der Waals surface area contributed by atoms with Gasteiger partial charge >= 0.3 is 0 Å². The number of hydrogen-bond acceptors (Lipinski definition) is 4. The van der Waals surface area contributed by atoms with Crippen LogP contribution in [0, 0.1) is 5.82 Å². The van der Waals surface area contributed by atoms with Crippen LogP contribution in [0.15, 0.2) is 59.5 Å². The molecule has 0 amide bonds. The van der Waals surface area contributed by atoms with E-state index < -0.39 is 10.0 Å². The molecule has 1 heterocycles. The molecule has 0 aliphatic carbocycles. The molecule has 1 aliphatic heterocycles. The first-order valence-electron chi connectivity index (χ1n) is 9.22. The molecule has 0 atom stereocenters. The van der Waals surface area contributed by atoms with Crippen LogP contribution < -0.4 is 4.90 Å². The number of nitrogens with zero attached hydrogens (tertiary/aromatic N) is 2. The Morgan fingerprint density at radius 2 is 1.79 bits per heavy atom. The summed E-state index contributed by atoms with van der Waals surface area (Å²) in [7, 11) is -3.65. The van der Waals surface area contributed by atoms with Crippen LogP contribution in [-0.2, 0) is 14.8 Å². The monoisotopic (exact) mass is 402 g/mol. The van der Waals surface area contributed by atoms with Crippen LogP contribution in [-0.4, -0.2) is 44.7 Å². The minimum Gasteiger partial charge on any atom is -0.367 e. The van der Waals surface area contributed by atoms with Crippen LogP contribution in [0.4, 0.5) is 10.1 Å². The average molecular weight is 402 g/mol. The van der Waals surface area contributed by atoms with Gasteiger partial charge in [-0.1, -0.05) is 37.3 Å². The molecule has 0 bridgehead atoms. The Morgan fingerprint density at radius 1 is 1.07 bits per heavy atom. The van der Waals surface area contributed by atoms with Gasteiger partial charge < -0.3 is 4.90 Å². The molecule has 2 aromatic rings. The molecule has 3 rings (SSSR count). The first-order valence-corrected chi connectivity index (χ1v) is 10.7. The smallest absolute Gasteiger partial charge is 0.243 e. The van der Waals surface area contributed by atoms with E-state index in [4.69, 9.17) is 0 Å². The third kappa shape index (κ3) is 4.48. The van der Waals surface area contributed by atoms with Gasteiger partial charge in [0.2, 0.25) is 10.0 Å². The van der Waals surface area contributed by atoms with Crippen molar-refractivity contribution in [1.82, 2.24) is 4.31 Å². The zero-order valence-corrected chi connectivity index (χ0v) is 16.5. The zero-order chi connectivity index (χ0) is 20.1. The highest BCUT2D eigenvalue weighted by Crippen LogP contribution is 2.23.